The van der Waals surface area contributed by atoms with Gasteiger partial charge in [0.05, 0.1) is 7.11 Å². The average molecular weight is 318 g/mol. The van der Waals surface area contributed by atoms with Crippen LogP contribution in [0.4, 0.5) is 0 Å². The first-order valence-electron chi connectivity index (χ1n) is 8.50. The molecule has 2 aliphatic rings. The van der Waals surface area contributed by atoms with Crippen LogP contribution in [0.1, 0.15) is 37.9 Å². The summed E-state index contributed by atoms with van der Waals surface area (Å²) in [5.74, 6) is 0.494. The molecule has 0 radical (unpaired) electrons. The van der Waals surface area contributed by atoms with Gasteiger partial charge in [-0.2, -0.15) is 0 Å². The predicted molar refractivity (Wildman–Crippen MR) is 88.3 cm³/mol. The first-order valence-corrected chi connectivity index (χ1v) is 8.50. The first-order chi connectivity index (χ1) is 11.1. The summed E-state index contributed by atoms with van der Waals surface area (Å²) in [6.07, 6.45) is 1.98. The zero-order valence-electron chi connectivity index (χ0n) is 13.9. The summed E-state index contributed by atoms with van der Waals surface area (Å²) in [4.78, 5) is 17.3. The van der Waals surface area contributed by atoms with E-state index in [9.17, 15) is 9.90 Å². The summed E-state index contributed by atoms with van der Waals surface area (Å²) in [6.45, 7) is 5.14. The molecule has 0 saturated carbocycles. The Kier molecular flexibility index (Phi) is 4.87. The maximum absolute atomic E-state index is 12.9. The molecule has 1 N–H and O–H groups in total. The number of aliphatic hydroxyl groups is 1. The maximum Gasteiger partial charge on any atom is 0.256 e. The van der Waals surface area contributed by atoms with E-state index >= 15 is 0 Å². The van der Waals surface area contributed by atoms with Gasteiger partial charge in [0.25, 0.3) is 5.91 Å². The standard InChI is InChI=1S/C18H26N2O3/c1-3-19-10-9-14-7-8-15(12-19)20(14)18(22)17(21)13-5-4-6-16(11-13)23-2/h4-6,11,14-15,17,21H,3,7-10,12H2,1-2H3. The van der Waals surface area contributed by atoms with Gasteiger partial charge < -0.3 is 19.6 Å². The number of fused-ring (bicyclic) bond motifs is 2. The Morgan fingerprint density at radius 2 is 2.13 bits per heavy atom. The lowest BCUT2D eigenvalue weighted by molar-refractivity contribution is -0.143. The van der Waals surface area contributed by atoms with Gasteiger partial charge in [-0.15, -0.1) is 0 Å². The number of methoxy groups -OCH3 is 1. The van der Waals surface area contributed by atoms with E-state index in [1.54, 1.807) is 25.3 Å². The van der Waals surface area contributed by atoms with Crippen LogP contribution in [0.2, 0.25) is 0 Å². The van der Waals surface area contributed by atoms with Crippen LogP contribution in [0, 0.1) is 0 Å². The molecule has 1 aromatic carbocycles. The fourth-order valence-electron chi connectivity index (χ4n) is 3.89. The number of carbonyl (C=O) groups is 1. The van der Waals surface area contributed by atoms with Crippen molar-refractivity contribution in [3.8, 4) is 5.75 Å². The molecule has 23 heavy (non-hydrogen) atoms. The number of amides is 1. The highest BCUT2D eigenvalue weighted by molar-refractivity contribution is 5.83. The minimum absolute atomic E-state index is 0.163. The lowest BCUT2D eigenvalue weighted by Crippen LogP contribution is -2.45. The first kappa shape index (κ1) is 16.3. The molecule has 5 nitrogen and oxygen atoms in total. The van der Waals surface area contributed by atoms with Crippen molar-refractivity contribution < 1.29 is 14.6 Å². The number of benzene rings is 1. The molecule has 0 aromatic heterocycles. The molecule has 3 atom stereocenters. The third-order valence-electron chi connectivity index (χ3n) is 5.21. The summed E-state index contributed by atoms with van der Waals surface area (Å²) in [6, 6.07) is 7.64. The Morgan fingerprint density at radius 1 is 1.35 bits per heavy atom. The highest BCUT2D eigenvalue weighted by Crippen LogP contribution is 2.33. The molecular weight excluding hydrogens is 292 g/mol. The molecule has 2 heterocycles. The Balaban J connectivity index is 1.78. The van der Waals surface area contributed by atoms with Crippen LogP contribution >= 0.6 is 0 Å². The van der Waals surface area contributed by atoms with E-state index in [0.717, 1.165) is 38.9 Å². The van der Waals surface area contributed by atoms with E-state index in [1.165, 1.54) is 0 Å². The fraction of sp³-hybridized carbons (Fsp3) is 0.611. The number of aliphatic hydroxyl groups excluding tert-OH is 1. The second-order valence-electron chi connectivity index (χ2n) is 6.49. The third-order valence-corrected chi connectivity index (χ3v) is 5.21. The Labute approximate surface area is 137 Å². The maximum atomic E-state index is 12.9. The molecule has 2 fully saturated rings. The van der Waals surface area contributed by atoms with Crippen LogP contribution in [-0.4, -0.2) is 59.6 Å². The number of carbonyl (C=O) groups excluding carboxylic acids is 1. The zero-order valence-corrected chi connectivity index (χ0v) is 13.9. The summed E-state index contributed by atoms with van der Waals surface area (Å²) in [7, 11) is 1.58. The number of ether oxygens (including phenoxy) is 1. The van der Waals surface area contributed by atoms with Crippen LogP contribution < -0.4 is 4.74 Å². The Morgan fingerprint density at radius 3 is 2.87 bits per heavy atom. The van der Waals surface area contributed by atoms with Crippen molar-refractivity contribution in [2.24, 2.45) is 0 Å². The number of hydrogen-bond donors (Lipinski definition) is 1. The van der Waals surface area contributed by atoms with Crippen molar-refractivity contribution in [1.82, 2.24) is 9.80 Å². The summed E-state index contributed by atoms with van der Waals surface area (Å²) < 4.78 is 5.19. The second kappa shape index (κ2) is 6.89. The second-order valence-corrected chi connectivity index (χ2v) is 6.49. The van der Waals surface area contributed by atoms with Crippen molar-refractivity contribution >= 4 is 5.91 Å². The predicted octanol–water partition coefficient (Wildman–Crippen LogP) is 1.81. The van der Waals surface area contributed by atoms with Gasteiger partial charge >= 0.3 is 0 Å². The molecular formula is C18H26N2O3. The Hall–Kier alpha value is -1.59. The molecule has 2 saturated heterocycles. The van der Waals surface area contributed by atoms with Gasteiger partial charge in [-0.1, -0.05) is 19.1 Å². The zero-order chi connectivity index (χ0) is 16.4. The van der Waals surface area contributed by atoms with Gasteiger partial charge in [0.1, 0.15) is 5.75 Å². The molecule has 3 unspecified atom stereocenters. The van der Waals surface area contributed by atoms with Crippen molar-refractivity contribution in [3.05, 3.63) is 29.8 Å². The van der Waals surface area contributed by atoms with Gasteiger partial charge in [0, 0.05) is 25.2 Å². The monoisotopic (exact) mass is 318 g/mol. The summed E-state index contributed by atoms with van der Waals surface area (Å²) >= 11 is 0. The Bertz CT molecular complexity index is 563. The van der Waals surface area contributed by atoms with Crippen LogP contribution in [0.25, 0.3) is 0 Å². The van der Waals surface area contributed by atoms with E-state index in [-0.39, 0.29) is 18.0 Å². The molecule has 2 bridgehead atoms. The average Bonchev–Trinajstić information content (AvgIpc) is 2.88. The normalized spacial score (nSPS) is 26.0. The van der Waals surface area contributed by atoms with Gasteiger partial charge in [0.2, 0.25) is 0 Å². The minimum Gasteiger partial charge on any atom is -0.497 e. The van der Waals surface area contributed by atoms with E-state index < -0.39 is 6.10 Å². The number of likely N-dealkylation sites (N-methyl/N-ethyl adjacent to an activating group) is 1. The molecule has 1 aromatic rings. The van der Waals surface area contributed by atoms with Crippen LogP contribution in [0.3, 0.4) is 0 Å². The van der Waals surface area contributed by atoms with Crippen LogP contribution in [0.15, 0.2) is 24.3 Å². The summed E-state index contributed by atoms with van der Waals surface area (Å²) in [5, 5.41) is 10.6. The SMILES string of the molecule is CCN1CCC2CCC(C1)N2C(=O)C(O)c1cccc(OC)c1. The molecule has 126 valence electrons. The lowest BCUT2D eigenvalue weighted by atomic mass is 10.1. The van der Waals surface area contributed by atoms with Gasteiger partial charge in [-0.25, -0.2) is 0 Å². The largest absolute Gasteiger partial charge is 0.497 e. The molecule has 1 amide bonds. The highest BCUT2D eigenvalue weighted by atomic mass is 16.5. The van der Waals surface area contributed by atoms with E-state index in [1.807, 2.05) is 11.0 Å². The quantitative estimate of drug-likeness (QED) is 0.920. The topological polar surface area (TPSA) is 53.0 Å². The van der Waals surface area contributed by atoms with Gasteiger partial charge in [-0.3, -0.25) is 4.79 Å². The third kappa shape index (κ3) is 3.21. The van der Waals surface area contributed by atoms with Crippen molar-refractivity contribution in [1.29, 1.82) is 0 Å². The van der Waals surface area contributed by atoms with Crippen LogP contribution in [-0.2, 0) is 4.79 Å². The molecule has 0 aliphatic carbocycles. The fourth-order valence-corrected chi connectivity index (χ4v) is 3.89. The summed E-state index contributed by atoms with van der Waals surface area (Å²) in [5.41, 5.74) is 0.602. The molecule has 5 heteroatoms. The molecule has 3 rings (SSSR count). The highest BCUT2D eigenvalue weighted by Gasteiger charge is 2.41. The van der Waals surface area contributed by atoms with Gasteiger partial charge in [-0.05, 0) is 43.5 Å². The van der Waals surface area contributed by atoms with E-state index in [0.29, 0.717) is 11.3 Å². The van der Waals surface area contributed by atoms with Crippen molar-refractivity contribution in [2.75, 3.05) is 26.7 Å². The number of hydrogen-bond acceptors (Lipinski definition) is 4. The minimum atomic E-state index is -1.11. The van der Waals surface area contributed by atoms with Crippen LogP contribution in [0.5, 0.6) is 5.75 Å². The van der Waals surface area contributed by atoms with Gasteiger partial charge in [0.15, 0.2) is 6.10 Å². The van der Waals surface area contributed by atoms with Crippen molar-refractivity contribution in [2.45, 2.75) is 44.4 Å². The van der Waals surface area contributed by atoms with E-state index in [2.05, 4.69) is 11.8 Å². The number of rotatable bonds is 4. The number of likely N-dealkylation sites (tertiary alicyclic amines) is 1. The number of nitrogens with zero attached hydrogens (tertiary/aromatic N) is 2. The van der Waals surface area contributed by atoms with Crippen molar-refractivity contribution in [3.63, 3.8) is 0 Å². The lowest BCUT2D eigenvalue weighted by Gasteiger charge is -2.30. The molecule has 2 aliphatic heterocycles. The molecule has 0 spiro atoms. The van der Waals surface area contributed by atoms with E-state index in [4.69, 9.17) is 4.74 Å². The smallest absolute Gasteiger partial charge is 0.256 e.